The van der Waals surface area contributed by atoms with E-state index < -0.39 is 28.7 Å². The van der Waals surface area contributed by atoms with Crippen molar-refractivity contribution in [3.05, 3.63) is 29.6 Å². The number of nitrogens with one attached hydrogen (secondary N) is 1. The van der Waals surface area contributed by atoms with Gasteiger partial charge in [0.25, 0.3) is 6.43 Å². The van der Waals surface area contributed by atoms with Crippen LogP contribution in [-0.2, 0) is 14.6 Å². The average molecular weight is 323 g/mol. The average Bonchev–Trinajstić information content (AvgIpc) is 2.40. The molecule has 0 spiro atoms. The fourth-order valence-corrected chi connectivity index (χ4v) is 3.90. The molecule has 1 unspecified atom stereocenters. The Morgan fingerprint density at radius 3 is 2.86 bits per heavy atom. The van der Waals surface area contributed by atoms with Gasteiger partial charge in [0.1, 0.15) is 12.4 Å². The van der Waals surface area contributed by atoms with Gasteiger partial charge in [-0.1, -0.05) is 0 Å². The van der Waals surface area contributed by atoms with Crippen LogP contribution in [-0.4, -0.2) is 40.4 Å². The quantitative estimate of drug-likeness (QED) is 0.642. The molecular weight excluding hydrogens is 307 g/mol. The van der Waals surface area contributed by atoms with Crippen molar-refractivity contribution >= 4 is 9.84 Å². The summed E-state index contributed by atoms with van der Waals surface area (Å²) in [5.74, 6) is -0.534. The van der Waals surface area contributed by atoms with E-state index in [-0.39, 0.29) is 29.8 Å². The highest BCUT2D eigenvalue weighted by molar-refractivity contribution is 7.91. The summed E-state index contributed by atoms with van der Waals surface area (Å²) in [6, 6.07) is 3.25. The molecule has 0 bridgehead atoms. The third kappa shape index (κ3) is 4.18. The minimum absolute atomic E-state index is 0.0266. The van der Waals surface area contributed by atoms with Gasteiger partial charge in [0.15, 0.2) is 9.84 Å². The first-order valence-corrected chi connectivity index (χ1v) is 8.17. The number of rotatable bonds is 6. The van der Waals surface area contributed by atoms with Crippen LogP contribution in [0.15, 0.2) is 23.1 Å². The smallest absolute Gasteiger partial charge is 0.261 e. The van der Waals surface area contributed by atoms with Gasteiger partial charge < -0.3 is 10.1 Å². The summed E-state index contributed by atoms with van der Waals surface area (Å²) < 4.78 is 65.7. The summed E-state index contributed by atoms with van der Waals surface area (Å²) in [7, 11) is -3.38. The Morgan fingerprint density at radius 2 is 2.14 bits per heavy atom. The minimum Gasteiger partial charge on any atom is -0.374 e. The molecule has 1 atom stereocenters. The van der Waals surface area contributed by atoms with Crippen LogP contribution in [0.3, 0.4) is 0 Å². The van der Waals surface area contributed by atoms with Crippen LogP contribution in [0.2, 0.25) is 0 Å². The van der Waals surface area contributed by atoms with Crippen molar-refractivity contribution in [2.75, 3.05) is 25.5 Å². The normalized spacial score (nSPS) is 20.5. The third-order valence-corrected chi connectivity index (χ3v) is 5.05. The lowest BCUT2D eigenvalue weighted by Crippen LogP contribution is -2.32. The first-order valence-electron chi connectivity index (χ1n) is 6.51. The molecule has 0 radical (unpaired) electrons. The first-order chi connectivity index (χ1) is 9.90. The molecule has 0 saturated carbocycles. The molecule has 1 N–H and O–H groups in total. The Bertz CT molecular complexity index is 592. The Hall–Kier alpha value is -1.12. The number of benzene rings is 1. The van der Waals surface area contributed by atoms with E-state index in [0.717, 1.165) is 6.07 Å². The van der Waals surface area contributed by atoms with E-state index in [4.69, 9.17) is 4.74 Å². The Morgan fingerprint density at radius 1 is 1.38 bits per heavy atom. The third-order valence-electron chi connectivity index (χ3n) is 3.24. The Kier molecular flexibility index (Phi) is 5.23. The molecule has 1 aromatic carbocycles. The fraction of sp³-hybridized carbons (Fsp3) is 0.538. The fourth-order valence-electron chi connectivity index (χ4n) is 2.30. The van der Waals surface area contributed by atoms with E-state index in [1.165, 1.54) is 12.1 Å². The summed E-state index contributed by atoms with van der Waals surface area (Å²) in [6.07, 6.45) is -2.20. The molecule has 1 aliphatic heterocycles. The number of fused-ring (bicyclic) bond motifs is 1. The Balaban J connectivity index is 2.01. The molecule has 4 nitrogen and oxygen atoms in total. The monoisotopic (exact) mass is 323 g/mol. The van der Waals surface area contributed by atoms with E-state index in [1.807, 2.05) is 0 Å². The summed E-state index contributed by atoms with van der Waals surface area (Å²) >= 11 is 0. The van der Waals surface area contributed by atoms with Gasteiger partial charge in [-0.05, 0) is 30.2 Å². The van der Waals surface area contributed by atoms with Crippen LogP contribution >= 0.6 is 0 Å². The lowest BCUT2D eigenvalue weighted by Gasteiger charge is -2.26. The van der Waals surface area contributed by atoms with Gasteiger partial charge in [-0.15, -0.1) is 0 Å². The van der Waals surface area contributed by atoms with Crippen LogP contribution in [0.5, 0.6) is 0 Å². The van der Waals surface area contributed by atoms with Gasteiger partial charge in [0.05, 0.1) is 17.3 Å². The van der Waals surface area contributed by atoms with Crippen LogP contribution in [0.4, 0.5) is 13.2 Å². The standard InChI is InChI=1S/C13H16F3NO3S/c14-9-1-2-12-10(7-9)11(3-6-21(12,18)19)17-4-5-20-8-13(15)16/h1-2,7,11,13,17H,3-6,8H2. The molecule has 2 rings (SSSR count). The predicted octanol–water partition coefficient (Wildman–Crippen LogP) is 1.92. The van der Waals surface area contributed by atoms with E-state index in [2.05, 4.69) is 5.32 Å². The van der Waals surface area contributed by atoms with E-state index in [1.54, 1.807) is 0 Å². The maximum Gasteiger partial charge on any atom is 0.261 e. The SMILES string of the molecule is O=S1(=O)CCC(NCCOCC(F)F)c2cc(F)ccc21. The summed E-state index contributed by atoms with van der Waals surface area (Å²) in [5, 5.41) is 3.02. The van der Waals surface area contributed by atoms with Crippen molar-refractivity contribution in [2.45, 2.75) is 23.8 Å². The lowest BCUT2D eigenvalue weighted by atomic mass is 10.0. The molecule has 1 heterocycles. The largest absolute Gasteiger partial charge is 0.374 e. The molecule has 0 fully saturated rings. The first kappa shape index (κ1) is 16.3. The number of halogens is 3. The molecule has 1 aromatic rings. The molecule has 0 aromatic heterocycles. The molecular formula is C13H16F3NO3S. The maximum absolute atomic E-state index is 13.3. The summed E-state index contributed by atoms with van der Waals surface area (Å²) in [6.45, 7) is -0.266. The van der Waals surface area contributed by atoms with Crippen molar-refractivity contribution < 1.29 is 26.3 Å². The second-order valence-corrected chi connectivity index (χ2v) is 6.84. The predicted molar refractivity (Wildman–Crippen MR) is 70.6 cm³/mol. The van der Waals surface area contributed by atoms with Crippen molar-refractivity contribution in [3.8, 4) is 0 Å². The lowest BCUT2D eigenvalue weighted by molar-refractivity contribution is 0.0181. The summed E-state index contributed by atoms with van der Waals surface area (Å²) in [4.78, 5) is 0.126. The molecule has 0 aliphatic carbocycles. The van der Waals surface area contributed by atoms with Gasteiger partial charge in [-0.25, -0.2) is 21.6 Å². The second kappa shape index (κ2) is 6.76. The topological polar surface area (TPSA) is 55.4 Å². The highest BCUT2D eigenvalue weighted by Gasteiger charge is 2.30. The molecule has 118 valence electrons. The van der Waals surface area contributed by atoms with Crippen molar-refractivity contribution in [3.63, 3.8) is 0 Å². The zero-order chi connectivity index (χ0) is 15.5. The van der Waals surface area contributed by atoms with Crippen molar-refractivity contribution in [1.29, 1.82) is 0 Å². The van der Waals surface area contributed by atoms with Gasteiger partial charge in [0.2, 0.25) is 0 Å². The molecule has 8 heteroatoms. The Labute approximate surface area is 121 Å². The highest BCUT2D eigenvalue weighted by Crippen LogP contribution is 2.32. The highest BCUT2D eigenvalue weighted by atomic mass is 32.2. The van der Waals surface area contributed by atoms with Crippen LogP contribution < -0.4 is 5.32 Å². The van der Waals surface area contributed by atoms with Gasteiger partial charge in [-0.3, -0.25) is 0 Å². The van der Waals surface area contributed by atoms with Crippen LogP contribution in [0.25, 0.3) is 0 Å². The molecule has 0 amide bonds. The van der Waals surface area contributed by atoms with Crippen LogP contribution in [0, 0.1) is 5.82 Å². The molecule has 1 aliphatic rings. The number of hydrogen-bond acceptors (Lipinski definition) is 4. The van der Waals surface area contributed by atoms with E-state index >= 15 is 0 Å². The number of ether oxygens (including phenoxy) is 1. The van der Waals surface area contributed by atoms with E-state index in [9.17, 15) is 21.6 Å². The zero-order valence-electron chi connectivity index (χ0n) is 11.2. The van der Waals surface area contributed by atoms with Gasteiger partial charge in [-0.2, -0.15) is 0 Å². The van der Waals surface area contributed by atoms with E-state index in [0.29, 0.717) is 12.0 Å². The number of alkyl halides is 2. The number of hydrogen-bond donors (Lipinski definition) is 1. The van der Waals surface area contributed by atoms with Crippen molar-refractivity contribution in [1.82, 2.24) is 5.32 Å². The maximum atomic E-state index is 13.3. The summed E-state index contributed by atoms with van der Waals surface area (Å²) in [5.41, 5.74) is 0.384. The second-order valence-electron chi connectivity index (χ2n) is 4.76. The van der Waals surface area contributed by atoms with Gasteiger partial charge in [0, 0.05) is 12.6 Å². The zero-order valence-corrected chi connectivity index (χ0v) is 12.0. The van der Waals surface area contributed by atoms with Gasteiger partial charge >= 0.3 is 0 Å². The minimum atomic E-state index is -3.38. The number of sulfone groups is 1. The van der Waals surface area contributed by atoms with Crippen molar-refractivity contribution in [2.24, 2.45) is 0 Å². The molecule has 0 saturated heterocycles. The van der Waals surface area contributed by atoms with Crippen LogP contribution in [0.1, 0.15) is 18.0 Å². The molecule has 21 heavy (non-hydrogen) atoms.